The zero-order chi connectivity index (χ0) is 15.4. The highest BCUT2D eigenvalue weighted by atomic mass is 32.2. The summed E-state index contributed by atoms with van der Waals surface area (Å²) in [5, 5.41) is 7.46. The Kier molecular flexibility index (Phi) is 4.77. The number of aromatic amines is 1. The van der Waals surface area contributed by atoms with E-state index in [1.165, 1.54) is 18.3 Å². The lowest BCUT2D eigenvalue weighted by Crippen LogP contribution is -2.42. The molecular weight excluding hydrogens is 296 g/mol. The van der Waals surface area contributed by atoms with Gasteiger partial charge in [-0.15, -0.1) is 0 Å². The first kappa shape index (κ1) is 15.1. The van der Waals surface area contributed by atoms with Crippen molar-refractivity contribution in [3.05, 3.63) is 41.7 Å². The minimum Gasteiger partial charge on any atom is -0.336 e. The second kappa shape index (κ2) is 6.96. The van der Waals surface area contributed by atoms with Crippen molar-refractivity contribution in [2.24, 2.45) is 0 Å². The minimum absolute atomic E-state index is 0.154. The van der Waals surface area contributed by atoms with Gasteiger partial charge in [-0.25, -0.2) is 4.98 Å². The first-order valence-electron chi connectivity index (χ1n) is 7.62. The molecular formula is C16H20N4OS. The number of amides is 1. The highest BCUT2D eigenvalue weighted by Gasteiger charge is 2.23. The maximum absolute atomic E-state index is 12.6. The van der Waals surface area contributed by atoms with Crippen LogP contribution >= 0.6 is 11.8 Å². The van der Waals surface area contributed by atoms with Crippen molar-refractivity contribution in [2.45, 2.75) is 43.1 Å². The SMILES string of the molecule is CC1CCCCN1C(=O)c1ccc(CSc2ncn[nH]2)cc1. The van der Waals surface area contributed by atoms with Gasteiger partial charge >= 0.3 is 0 Å². The fourth-order valence-corrected chi connectivity index (χ4v) is 3.46. The van der Waals surface area contributed by atoms with Gasteiger partial charge in [-0.3, -0.25) is 9.89 Å². The fraction of sp³-hybridized carbons (Fsp3) is 0.438. The Morgan fingerprint density at radius 1 is 1.36 bits per heavy atom. The predicted molar refractivity (Wildman–Crippen MR) is 86.7 cm³/mol. The van der Waals surface area contributed by atoms with E-state index in [0.29, 0.717) is 6.04 Å². The summed E-state index contributed by atoms with van der Waals surface area (Å²) in [6.07, 6.45) is 4.95. The lowest BCUT2D eigenvalue weighted by Gasteiger charge is -2.33. The number of piperidine rings is 1. The van der Waals surface area contributed by atoms with Gasteiger partial charge < -0.3 is 4.90 Å². The smallest absolute Gasteiger partial charge is 0.254 e. The highest BCUT2D eigenvalue weighted by molar-refractivity contribution is 7.98. The number of benzene rings is 1. The Morgan fingerprint density at radius 2 is 2.18 bits per heavy atom. The lowest BCUT2D eigenvalue weighted by molar-refractivity contribution is 0.0635. The van der Waals surface area contributed by atoms with E-state index in [1.807, 2.05) is 29.2 Å². The Balaban J connectivity index is 1.62. The van der Waals surface area contributed by atoms with Gasteiger partial charge in [0.25, 0.3) is 5.91 Å². The highest BCUT2D eigenvalue weighted by Crippen LogP contribution is 2.21. The van der Waals surface area contributed by atoms with Crippen molar-refractivity contribution in [2.75, 3.05) is 6.54 Å². The van der Waals surface area contributed by atoms with E-state index in [4.69, 9.17) is 0 Å². The fourth-order valence-electron chi connectivity index (χ4n) is 2.72. The molecule has 1 atom stereocenters. The first-order chi connectivity index (χ1) is 10.7. The number of rotatable bonds is 4. The van der Waals surface area contributed by atoms with Gasteiger partial charge in [-0.05, 0) is 43.9 Å². The number of hydrogen-bond donors (Lipinski definition) is 1. The summed E-state index contributed by atoms with van der Waals surface area (Å²) in [5.74, 6) is 0.964. The van der Waals surface area contributed by atoms with Crippen LogP contribution in [-0.4, -0.2) is 38.6 Å². The van der Waals surface area contributed by atoms with Gasteiger partial charge in [-0.2, -0.15) is 5.10 Å². The Morgan fingerprint density at radius 3 is 2.86 bits per heavy atom. The third-order valence-electron chi connectivity index (χ3n) is 4.03. The topological polar surface area (TPSA) is 61.9 Å². The monoisotopic (exact) mass is 316 g/mol. The molecule has 1 amide bonds. The molecule has 1 N–H and O–H groups in total. The predicted octanol–water partition coefficient (Wildman–Crippen LogP) is 3.11. The molecule has 0 bridgehead atoms. The molecule has 1 aliphatic rings. The van der Waals surface area contributed by atoms with Crippen LogP contribution in [0.1, 0.15) is 42.1 Å². The molecule has 1 aliphatic heterocycles. The summed E-state index contributed by atoms with van der Waals surface area (Å²) in [6, 6.07) is 8.25. The van der Waals surface area contributed by atoms with Crippen molar-refractivity contribution >= 4 is 17.7 Å². The van der Waals surface area contributed by atoms with Crippen molar-refractivity contribution in [1.29, 1.82) is 0 Å². The molecule has 1 saturated heterocycles. The molecule has 1 aromatic carbocycles. The molecule has 2 heterocycles. The van der Waals surface area contributed by atoms with Crippen molar-refractivity contribution in [3.63, 3.8) is 0 Å². The maximum Gasteiger partial charge on any atom is 0.254 e. The molecule has 0 saturated carbocycles. The van der Waals surface area contributed by atoms with E-state index in [9.17, 15) is 4.79 Å². The number of carbonyl (C=O) groups is 1. The third-order valence-corrected chi connectivity index (χ3v) is 4.98. The second-order valence-electron chi connectivity index (χ2n) is 5.62. The van der Waals surface area contributed by atoms with Gasteiger partial charge in [0.2, 0.25) is 0 Å². The number of thioether (sulfide) groups is 1. The standard InChI is InChI=1S/C16H20N4OS/c1-12-4-2-3-9-20(12)15(21)14-7-5-13(6-8-14)10-22-16-17-11-18-19-16/h5-8,11-12H,2-4,9-10H2,1H3,(H,17,18,19). The van der Waals surface area contributed by atoms with Crippen LogP contribution in [0.25, 0.3) is 0 Å². The summed E-state index contributed by atoms with van der Waals surface area (Å²) >= 11 is 1.60. The summed E-state index contributed by atoms with van der Waals surface area (Å²) in [5.41, 5.74) is 1.95. The number of hydrogen-bond acceptors (Lipinski definition) is 4. The number of carbonyl (C=O) groups excluding carboxylic acids is 1. The Bertz CT molecular complexity index is 612. The van der Waals surface area contributed by atoms with Crippen LogP contribution in [0.3, 0.4) is 0 Å². The van der Waals surface area contributed by atoms with Crippen LogP contribution in [0.2, 0.25) is 0 Å². The van der Waals surface area contributed by atoms with Gasteiger partial charge in [0.05, 0.1) is 0 Å². The molecule has 1 fully saturated rings. The average Bonchev–Trinajstić information content (AvgIpc) is 3.07. The zero-order valence-corrected chi connectivity index (χ0v) is 13.5. The molecule has 6 heteroatoms. The largest absolute Gasteiger partial charge is 0.336 e. The van der Waals surface area contributed by atoms with Gasteiger partial charge in [0, 0.05) is 23.9 Å². The Hall–Kier alpha value is -1.82. The van der Waals surface area contributed by atoms with Crippen LogP contribution in [0.15, 0.2) is 35.7 Å². The normalized spacial score (nSPS) is 18.4. The summed E-state index contributed by atoms with van der Waals surface area (Å²) in [6.45, 7) is 3.02. The van der Waals surface area contributed by atoms with Crippen LogP contribution in [0.5, 0.6) is 0 Å². The number of aromatic nitrogens is 3. The molecule has 0 spiro atoms. The van der Waals surface area contributed by atoms with Crippen molar-refractivity contribution in [1.82, 2.24) is 20.1 Å². The lowest BCUT2D eigenvalue weighted by atomic mass is 10.0. The molecule has 1 unspecified atom stereocenters. The molecule has 22 heavy (non-hydrogen) atoms. The van der Waals surface area contributed by atoms with Gasteiger partial charge in [0.15, 0.2) is 5.16 Å². The molecule has 116 valence electrons. The van der Waals surface area contributed by atoms with Crippen molar-refractivity contribution in [3.8, 4) is 0 Å². The second-order valence-corrected chi connectivity index (χ2v) is 6.58. The number of nitrogens with one attached hydrogen (secondary N) is 1. The van der Waals surface area contributed by atoms with Gasteiger partial charge in [-0.1, -0.05) is 23.9 Å². The van der Waals surface area contributed by atoms with Crippen LogP contribution < -0.4 is 0 Å². The molecule has 1 aromatic heterocycles. The van der Waals surface area contributed by atoms with E-state index >= 15 is 0 Å². The quantitative estimate of drug-likeness (QED) is 0.880. The van der Waals surface area contributed by atoms with Crippen molar-refractivity contribution < 1.29 is 4.79 Å². The molecule has 3 rings (SSSR count). The maximum atomic E-state index is 12.6. The zero-order valence-electron chi connectivity index (χ0n) is 12.7. The molecule has 5 nitrogen and oxygen atoms in total. The molecule has 0 aliphatic carbocycles. The molecule has 2 aromatic rings. The van der Waals surface area contributed by atoms with E-state index in [2.05, 4.69) is 22.1 Å². The minimum atomic E-state index is 0.154. The summed E-state index contributed by atoms with van der Waals surface area (Å²) in [7, 11) is 0. The number of H-pyrrole nitrogens is 1. The number of likely N-dealkylation sites (tertiary alicyclic amines) is 1. The van der Waals surface area contributed by atoms with E-state index < -0.39 is 0 Å². The van der Waals surface area contributed by atoms with Gasteiger partial charge in [0.1, 0.15) is 6.33 Å². The van der Waals surface area contributed by atoms with E-state index in [0.717, 1.165) is 35.9 Å². The van der Waals surface area contributed by atoms with Crippen LogP contribution in [0, 0.1) is 0 Å². The van der Waals surface area contributed by atoms with E-state index in [1.54, 1.807) is 11.8 Å². The molecule has 0 radical (unpaired) electrons. The third kappa shape index (κ3) is 3.50. The summed E-state index contributed by atoms with van der Waals surface area (Å²) in [4.78, 5) is 18.6. The first-order valence-corrected chi connectivity index (χ1v) is 8.60. The Labute approximate surface area is 134 Å². The van der Waals surface area contributed by atoms with Crippen LogP contribution in [-0.2, 0) is 5.75 Å². The average molecular weight is 316 g/mol. The van der Waals surface area contributed by atoms with E-state index in [-0.39, 0.29) is 5.91 Å². The number of nitrogens with zero attached hydrogens (tertiary/aromatic N) is 3. The van der Waals surface area contributed by atoms with Crippen LogP contribution in [0.4, 0.5) is 0 Å². The summed E-state index contributed by atoms with van der Waals surface area (Å²) < 4.78 is 0.